The second-order valence-electron chi connectivity index (χ2n) is 8.28. The van der Waals surface area contributed by atoms with E-state index in [-0.39, 0.29) is 18.4 Å². The summed E-state index contributed by atoms with van der Waals surface area (Å²) in [7, 11) is 0. The van der Waals surface area contributed by atoms with Crippen LogP contribution in [0.1, 0.15) is 18.1 Å². The van der Waals surface area contributed by atoms with Gasteiger partial charge in [0.15, 0.2) is 6.10 Å². The molecule has 0 spiro atoms. The first kappa shape index (κ1) is 22.2. The molecule has 2 aliphatic heterocycles. The fraction of sp³-hybridized carbons (Fsp3) is 0.458. The van der Waals surface area contributed by atoms with E-state index >= 15 is 0 Å². The van der Waals surface area contributed by atoms with Crippen LogP contribution in [0.3, 0.4) is 0 Å². The van der Waals surface area contributed by atoms with Gasteiger partial charge in [0, 0.05) is 45.1 Å². The summed E-state index contributed by atoms with van der Waals surface area (Å²) in [6.45, 7) is 8.64. The molecular formula is C24H30N4O4. The molecule has 1 aromatic carbocycles. The average molecular weight is 439 g/mol. The first-order chi connectivity index (χ1) is 15.5. The first-order valence-electron chi connectivity index (χ1n) is 11.1. The van der Waals surface area contributed by atoms with Gasteiger partial charge in [-0.15, -0.1) is 0 Å². The summed E-state index contributed by atoms with van der Waals surface area (Å²) in [4.78, 5) is 36.2. The maximum absolute atomic E-state index is 13.5. The maximum atomic E-state index is 13.5. The van der Waals surface area contributed by atoms with Gasteiger partial charge in [0.1, 0.15) is 12.3 Å². The summed E-state index contributed by atoms with van der Waals surface area (Å²) >= 11 is 0. The van der Waals surface area contributed by atoms with Crippen LogP contribution >= 0.6 is 0 Å². The molecule has 2 aliphatic rings. The van der Waals surface area contributed by atoms with Crippen molar-refractivity contribution in [2.75, 3.05) is 50.8 Å². The van der Waals surface area contributed by atoms with Crippen molar-refractivity contribution < 1.29 is 19.1 Å². The van der Waals surface area contributed by atoms with E-state index in [9.17, 15) is 9.59 Å². The zero-order chi connectivity index (χ0) is 22.5. The highest BCUT2D eigenvalue weighted by molar-refractivity contribution is 6.03. The molecule has 2 amide bonds. The molecule has 1 atom stereocenters. The zero-order valence-electron chi connectivity index (χ0n) is 18.7. The Balaban J connectivity index is 1.52. The number of hydrogen-bond donors (Lipinski definition) is 0. The monoisotopic (exact) mass is 438 g/mol. The van der Waals surface area contributed by atoms with Crippen LogP contribution in [-0.4, -0.2) is 78.6 Å². The number of morpholine rings is 1. The minimum absolute atomic E-state index is 0.0167. The summed E-state index contributed by atoms with van der Waals surface area (Å²) in [5.74, 6) is 0.336. The van der Waals surface area contributed by atoms with Gasteiger partial charge >= 0.3 is 0 Å². The molecule has 1 saturated heterocycles. The number of carbonyl (C=O) groups is 2. The molecular weight excluding hydrogens is 408 g/mol. The van der Waals surface area contributed by atoms with Crippen LogP contribution in [0.5, 0.6) is 5.75 Å². The van der Waals surface area contributed by atoms with E-state index < -0.39 is 6.10 Å². The van der Waals surface area contributed by atoms with Crippen LogP contribution in [0.2, 0.25) is 0 Å². The molecule has 8 heteroatoms. The van der Waals surface area contributed by atoms with Gasteiger partial charge in [-0.2, -0.15) is 0 Å². The van der Waals surface area contributed by atoms with Gasteiger partial charge in [-0.3, -0.25) is 24.4 Å². The highest BCUT2D eigenvalue weighted by atomic mass is 16.5. The Kier molecular flexibility index (Phi) is 7.02. The lowest BCUT2D eigenvalue weighted by Gasteiger charge is -2.35. The fourth-order valence-electron chi connectivity index (χ4n) is 4.00. The quantitative estimate of drug-likeness (QED) is 0.657. The van der Waals surface area contributed by atoms with E-state index in [1.807, 2.05) is 42.2 Å². The summed E-state index contributed by atoms with van der Waals surface area (Å²) in [5, 5.41) is 0. The molecule has 0 N–H and O–H groups in total. The number of hydrogen-bond acceptors (Lipinski definition) is 6. The number of rotatable bonds is 7. The second-order valence-corrected chi connectivity index (χ2v) is 8.28. The van der Waals surface area contributed by atoms with Gasteiger partial charge in [-0.1, -0.05) is 6.07 Å². The Hall–Kier alpha value is -2.97. The van der Waals surface area contributed by atoms with Crippen molar-refractivity contribution in [1.82, 2.24) is 14.8 Å². The van der Waals surface area contributed by atoms with Gasteiger partial charge in [-0.25, -0.2) is 0 Å². The number of carbonyl (C=O) groups excluding carboxylic acids is 2. The molecule has 0 bridgehead atoms. The molecule has 8 nitrogen and oxygen atoms in total. The lowest BCUT2D eigenvalue weighted by atomic mass is 10.1. The predicted octanol–water partition coefficient (Wildman–Crippen LogP) is 1.86. The van der Waals surface area contributed by atoms with Crippen LogP contribution in [0.15, 0.2) is 42.7 Å². The number of benzene rings is 1. The number of amides is 2. The van der Waals surface area contributed by atoms with Gasteiger partial charge in [-0.05, 0) is 49.2 Å². The smallest absolute Gasteiger partial charge is 0.268 e. The fourth-order valence-corrected chi connectivity index (χ4v) is 4.00. The number of nitrogens with zero attached hydrogens (tertiary/aromatic N) is 4. The number of aryl methyl sites for hydroxylation is 1. The minimum atomic E-state index is -0.625. The molecule has 170 valence electrons. The summed E-state index contributed by atoms with van der Waals surface area (Å²) in [6, 6.07) is 9.52. The molecule has 2 aromatic rings. The Morgan fingerprint density at radius 2 is 1.94 bits per heavy atom. The third-order valence-electron chi connectivity index (χ3n) is 5.88. The van der Waals surface area contributed by atoms with E-state index in [2.05, 4.69) is 9.88 Å². The van der Waals surface area contributed by atoms with Gasteiger partial charge in [0.05, 0.1) is 18.9 Å². The van der Waals surface area contributed by atoms with Crippen molar-refractivity contribution in [2.24, 2.45) is 0 Å². The van der Waals surface area contributed by atoms with Crippen molar-refractivity contribution in [3.63, 3.8) is 0 Å². The minimum Gasteiger partial charge on any atom is -0.479 e. The Morgan fingerprint density at radius 3 is 2.69 bits per heavy atom. The molecule has 0 saturated carbocycles. The number of anilines is 1. The molecule has 4 rings (SSSR count). The van der Waals surface area contributed by atoms with E-state index in [4.69, 9.17) is 9.47 Å². The summed E-state index contributed by atoms with van der Waals surface area (Å²) in [5.41, 5.74) is 2.67. The van der Waals surface area contributed by atoms with E-state index in [0.29, 0.717) is 37.7 Å². The zero-order valence-corrected chi connectivity index (χ0v) is 18.7. The highest BCUT2D eigenvalue weighted by Gasteiger charge is 2.34. The largest absolute Gasteiger partial charge is 0.479 e. The Bertz CT molecular complexity index is 946. The van der Waals surface area contributed by atoms with Crippen molar-refractivity contribution >= 4 is 17.5 Å². The number of aromatic nitrogens is 1. The molecule has 32 heavy (non-hydrogen) atoms. The highest BCUT2D eigenvalue weighted by Crippen LogP contribution is 2.34. The number of fused-ring (bicyclic) bond motifs is 1. The second kappa shape index (κ2) is 10.1. The predicted molar refractivity (Wildman–Crippen MR) is 121 cm³/mol. The maximum Gasteiger partial charge on any atom is 0.268 e. The van der Waals surface area contributed by atoms with E-state index in [1.54, 1.807) is 24.2 Å². The lowest BCUT2D eigenvalue weighted by Crippen LogP contribution is -2.50. The lowest BCUT2D eigenvalue weighted by molar-refractivity contribution is -0.133. The topological polar surface area (TPSA) is 75.2 Å². The van der Waals surface area contributed by atoms with Gasteiger partial charge in [0.2, 0.25) is 5.91 Å². The van der Waals surface area contributed by atoms with Crippen molar-refractivity contribution in [3.05, 3.63) is 53.9 Å². The molecule has 0 unspecified atom stereocenters. The average Bonchev–Trinajstić information content (AvgIpc) is 2.81. The third kappa shape index (κ3) is 5.26. The molecule has 1 aromatic heterocycles. The van der Waals surface area contributed by atoms with Crippen molar-refractivity contribution in [2.45, 2.75) is 26.5 Å². The normalized spacial score (nSPS) is 18.8. The van der Waals surface area contributed by atoms with E-state index in [1.165, 1.54) is 0 Å². The number of ether oxygens (including phenoxy) is 2. The van der Waals surface area contributed by atoms with E-state index in [0.717, 1.165) is 30.8 Å². The first-order valence-corrected chi connectivity index (χ1v) is 11.1. The van der Waals surface area contributed by atoms with Crippen LogP contribution in [0, 0.1) is 6.92 Å². The molecule has 0 aliphatic carbocycles. The SMILES string of the molecule is Cc1ccc2c(c1)N(CC(=O)N(CCN1CCOCC1)Cc1ccncc1)C(=O)[C@H](C)O2. The standard InChI is InChI=1S/C24H30N4O4/c1-18-3-4-22-21(15-18)28(24(30)19(2)32-22)17-23(29)27(16-20-5-7-25-8-6-20)10-9-26-11-13-31-14-12-26/h3-8,15,19H,9-14,16-17H2,1-2H3/t19-/m0/s1. The van der Waals surface area contributed by atoms with Gasteiger partial charge in [0.25, 0.3) is 5.91 Å². The molecule has 1 fully saturated rings. The van der Waals surface area contributed by atoms with Crippen LogP contribution in [0.25, 0.3) is 0 Å². The summed E-state index contributed by atoms with van der Waals surface area (Å²) < 4.78 is 11.2. The Labute approximate surface area is 188 Å². The van der Waals surface area contributed by atoms with Crippen molar-refractivity contribution in [3.8, 4) is 5.75 Å². The Morgan fingerprint density at radius 1 is 1.19 bits per heavy atom. The third-order valence-corrected chi connectivity index (χ3v) is 5.88. The molecule has 3 heterocycles. The van der Waals surface area contributed by atoms with Crippen molar-refractivity contribution in [1.29, 1.82) is 0 Å². The summed E-state index contributed by atoms with van der Waals surface area (Å²) in [6.07, 6.45) is 2.83. The number of pyridine rings is 1. The van der Waals surface area contributed by atoms with Crippen LogP contribution in [-0.2, 0) is 20.9 Å². The van der Waals surface area contributed by atoms with Crippen LogP contribution < -0.4 is 9.64 Å². The molecule has 0 radical (unpaired) electrons. The van der Waals surface area contributed by atoms with Gasteiger partial charge < -0.3 is 14.4 Å². The van der Waals surface area contributed by atoms with Crippen LogP contribution in [0.4, 0.5) is 5.69 Å².